The highest BCUT2D eigenvalue weighted by atomic mass is 28.3. The van der Waals surface area contributed by atoms with Gasteiger partial charge in [0.1, 0.15) is 5.78 Å². The van der Waals surface area contributed by atoms with Gasteiger partial charge in [-0.1, -0.05) is 61.5 Å². The van der Waals surface area contributed by atoms with Crippen LogP contribution in [0.4, 0.5) is 0 Å². The van der Waals surface area contributed by atoms with Crippen LogP contribution in [0.3, 0.4) is 0 Å². The molecule has 0 saturated heterocycles. The molecule has 0 radical (unpaired) electrons. The van der Waals surface area contributed by atoms with E-state index in [-0.39, 0.29) is 0 Å². The van der Waals surface area contributed by atoms with E-state index >= 15 is 0 Å². The summed E-state index contributed by atoms with van der Waals surface area (Å²) in [6.07, 6.45) is 5.23. The van der Waals surface area contributed by atoms with Gasteiger partial charge in [0, 0.05) is 12.8 Å². The summed E-state index contributed by atoms with van der Waals surface area (Å²) < 4.78 is 0. The number of rotatable bonds is 2. The summed E-state index contributed by atoms with van der Waals surface area (Å²) in [6, 6.07) is 10.8. The van der Waals surface area contributed by atoms with E-state index in [9.17, 15) is 4.79 Å². The third-order valence-electron chi connectivity index (χ3n) is 4.27. The molecule has 0 spiro atoms. The van der Waals surface area contributed by atoms with Crippen LogP contribution in [0.15, 0.2) is 30.3 Å². The molecular formula is C15H22OSi. The molecule has 1 aromatic rings. The molecule has 0 unspecified atom stereocenters. The zero-order valence-corrected chi connectivity index (χ0v) is 11.9. The summed E-state index contributed by atoms with van der Waals surface area (Å²) in [5, 5.41) is 1.50. The Labute approximate surface area is 105 Å². The SMILES string of the molecule is C[Si](C)(c1ccccc1)[C@@H]1CCCCC(=O)C1. The monoisotopic (exact) mass is 246 g/mol. The summed E-state index contributed by atoms with van der Waals surface area (Å²) in [5.74, 6) is 0.490. The van der Waals surface area contributed by atoms with Gasteiger partial charge < -0.3 is 0 Å². The quantitative estimate of drug-likeness (QED) is 0.576. The second-order valence-corrected chi connectivity index (χ2v) is 10.6. The van der Waals surface area contributed by atoms with Crippen LogP contribution in [0.25, 0.3) is 0 Å². The van der Waals surface area contributed by atoms with Gasteiger partial charge in [0.25, 0.3) is 0 Å². The van der Waals surface area contributed by atoms with Gasteiger partial charge in [-0.2, -0.15) is 0 Å². The van der Waals surface area contributed by atoms with Gasteiger partial charge in [-0.3, -0.25) is 4.79 Å². The molecule has 17 heavy (non-hydrogen) atoms. The van der Waals surface area contributed by atoms with Crippen LogP contribution in [0, 0.1) is 0 Å². The number of hydrogen-bond acceptors (Lipinski definition) is 1. The second-order valence-electron chi connectivity index (χ2n) is 5.77. The Morgan fingerprint density at radius 1 is 1.12 bits per heavy atom. The standard InChI is InChI=1S/C15H22OSi/c1-17(2,14-9-4-3-5-10-14)15-11-7-6-8-13(16)12-15/h3-5,9-10,15H,6-8,11-12H2,1-2H3/t15-/m1/s1. The molecule has 0 aliphatic heterocycles. The van der Waals surface area contributed by atoms with Gasteiger partial charge >= 0.3 is 0 Å². The minimum absolute atomic E-state index is 0.490. The Bertz CT molecular complexity index is 383. The third-order valence-corrected chi connectivity index (χ3v) is 8.63. The Morgan fingerprint density at radius 3 is 2.53 bits per heavy atom. The zero-order valence-electron chi connectivity index (χ0n) is 10.9. The van der Waals surface area contributed by atoms with E-state index in [1.165, 1.54) is 18.0 Å². The topological polar surface area (TPSA) is 17.1 Å². The van der Waals surface area contributed by atoms with Gasteiger partial charge in [0.2, 0.25) is 0 Å². The first-order valence-electron chi connectivity index (χ1n) is 6.68. The number of hydrogen-bond donors (Lipinski definition) is 0. The molecule has 0 bridgehead atoms. The van der Waals surface area contributed by atoms with Crippen molar-refractivity contribution in [1.29, 1.82) is 0 Å². The van der Waals surface area contributed by atoms with Crippen LogP contribution < -0.4 is 5.19 Å². The Kier molecular flexibility index (Phi) is 3.82. The van der Waals surface area contributed by atoms with E-state index < -0.39 is 8.07 Å². The summed E-state index contributed by atoms with van der Waals surface area (Å²) in [5.41, 5.74) is 0.639. The Hall–Kier alpha value is -0.893. The molecule has 2 rings (SSSR count). The first kappa shape index (κ1) is 12.6. The fourth-order valence-corrected chi connectivity index (χ4v) is 6.10. The fraction of sp³-hybridized carbons (Fsp3) is 0.533. The van der Waals surface area contributed by atoms with E-state index in [2.05, 4.69) is 43.4 Å². The van der Waals surface area contributed by atoms with Crippen molar-refractivity contribution in [1.82, 2.24) is 0 Å². The largest absolute Gasteiger partial charge is 0.300 e. The van der Waals surface area contributed by atoms with Crippen molar-refractivity contribution >= 4 is 19.0 Å². The number of Topliss-reactive ketones (excluding diaryl/α,β-unsaturated/α-hetero) is 1. The van der Waals surface area contributed by atoms with E-state index in [0.717, 1.165) is 19.3 Å². The predicted molar refractivity (Wildman–Crippen MR) is 75.4 cm³/mol. The lowest BCUT2D eigenvalue weighted by Gasteiger charge is -2.32. The molecule has 1 aliphatic carbocycles. The Morgan fingerprint density at radius 2 is 1.82 bits per heavy atom. The summed E-state index contributed by atoms with van der Waals surface area (Å²) in [4.78, 5) is 11.8. The molecule has 1 aliphatic rings. The van der Waals surface area contributed by atoms with Crippen molar-refractivity contribution in [3.8, 4) is 0 Å². The van der Waals surface area contributed by atoms with Crippen LogP contribution in [0.1, 0.15) is 32.1 Å². The average Bonchev–Trinajstić information content (AvgIpc) is 2.55. The summed E-state index contributed by atoms with van der Waals surface area (Å²) in [7, 11) is -1.47. The van der Waals surface area contributed by atoms with E-state index in [4.69, 9.17) is 0 Å². The van der Waals surface area contributed by atoms with E-state index in [0.29, 0.717) is 11.3 Å². The fourth-order valence-electron chi connectivity index (χ4n) is 2.91. The Balaban J connectivity index is 2.22. The van der Waals surface area contributed by atoms with Crippen LogP contribution in [0.2, 0.25) is 18.6 Å². The number of carbonyl (C=O) groups excluding carboxylic acids is 1. The highest BCUT2D eigenvalue weighted by Gasteiger charge is 2.35. The van der Waals surface area contributed by atoms with Crippen molar-refractivity contribution in [2.24, 2.45) is 0 Å². The smallest absolute Gasteiger partial charge is 0.132 e. The van der Waals surface area contributed by atoms with Crippen molar-refractivity contribution in [2.75, 3.05) is 0 Å². The highest BCUT2D eigenvalue weighted by Crippen LogP contribution is 2.34. The van der Waals surface area contributed by atoms with Gasteiger partial charge in [-0.05, 0) is 12.0 Å². The van der Waals surface area contributed by atoms with Crippen molar-refractivity contribution in [2.45, 2.75) is 50.7 Å². The molecule has 1 aromatic carbocycles. The minimum atomic E-state index is -1.47. The minimum Gasteiger partial charge on any atom is -0.300 e. The molecular weight excluding hydrogens is 224 g/mol. The molecule has 0 heterocycles. The van der Waals surface area contributed by atoms with Gasteiger partial charge in [0.15, 0.2) is 0 Å². The van der Waals surface area contributed by atoms with Crippen LogP contribution >= 0.6 is 0 Å². The second kappa shape index (κ2) is 5.17. The van der Waals surface area contributed by atoms with Gasteiger partial charge in [0.05, 0.1) is 8.07 Å². The zero-order chi connectivity index (χ0) is 12.3. The average molecular weight is 246 g/mol. The lowest BCUT2D eigenvalue weighted by atomic mass is 10.2. The maximum Gasteiger partial charge on any atom is 0.132 e. The molecule has 1 fully saturated rings. The maximum atomic E-state index is 11.8. The van der Waals surface area contributed by atoms with Gasteiger partial charge in [-0.15, -0.1) is 0 Å². The molecule has 1 saturated carbocycles. The molecule has 2 heteroatoms. The molecule has 1 atom stereocenters. The number of carbonyl (C=O) groups is 1. The first-order chi connectivity index (χ1) is 8.10. The van der Waals surface area contributed by atoms with Crippen LogP contribution in [-0.4, -0.2) is 13.9 Å². The lowest BCUT2D eigenvalue weighted by molar-refractivity contribution is -0.118. The number of ketones is 1. The highest BCUT2D eigenvalue weighted by molar-refractivity contribution is 6.91. The molecule has 0 N–H and O–H groups in total. The number of benzene rings is 1. The van der Waals surface area contributed by atoms with E-state index in [1.807, 2.05) is 0 Å². The maximum absolute atomic E-state index is 11.8. The molecule has 0 aromatic heterocycles. The lowest BCUT2D eigenvalue weighted by Crippen LogP contribution is -2.46. The van der Waals surface area contributed by atoms with Gasteiger partial charge in [-0.25, -0.2) is 0 Å². The molecule has 92 valence electrons. The van der Waals surface area contributed by atoms with Crippen molar-refractivity contribution in [3.63, 3.8) is 0 Å². The van der Waals surface area contributed by atoms with Crippen LogP contribution in [0.5, 0.6) is 0 Å². The summed E-state index contributed by atoms with van der Waals surface area (Å²) in [6.45, 7) is 4.84. The summed E-state index contributed by atoms with van der Waals surface area (Å²) >= 11 is 0. The molecule has 1 nitrogen and oxygen atoms in total. The molecule has 0 amide bonds. The predicted octanol–water partition coefficient (Wildman–Crippen LogP) is 3.51. The first-order valence-corrected chi connectivity index (χ1v) is 9.75. The normalized spacial score (nSPS) is 22.2. The van der Waals surface area contributed by atoms with E-state index in [1.54, 1.807) is 0 Å². The van der Waals surface area contributed by atoms with Crippen molar-refractivity contribution < 1.29 is 4.79 Å². The van der Waals surface area contributed by atoms with Crippen molar-refractivity contribution in [3.05, 3.63) is 30.3 Å². The van der Waals surface area contributed by atoms with Crippen LogP contribution in [-0.2, 0) is 4.79 Å². The third kappa shape index (κ3) is 2.86.